The summed E-state index contributed by atoms with van der Waals surface area (Å²) in [5, 5.41) is 4.78. The predicted molar refractivity (Wildman–Crippen MR) is 99.8 cm³/mol. The first kappa shape index (κ1) is 17.3. The third-order valence-corrected chi connectivity index (χ3v) is 5.45. The van der Waals surface area contributed by atoms with E-state index in [-0.39, 0.29) is 0 Å². The molecule has 2 fully saturated rings. The second-order valence-corrected chi connectivity index (χ2v) is 7.65. The Balaban J connectivity index is 1.32. The first-order valence-corrected chi connectivity index (χ1v) is 9.63. The lowest BCUT2D eigenvalue weighted by atomic mass is 9.99. The minimum absolute atomic E-state index is 0.686. The van der Waals surface area contributed by atoms with E-state index < -0.39 is 0 Å². The van der Waals surface area contributed by atoms with E-state index in [0.717, 1.165) is 18.3 Å². The molecule has 0 saturated carbocycles. The van der Waals surface area contributed by atoms with E-state index in [1.54, 1.807) is 6.07 Å². The zero-order valence-corrected chi connectivity index (χ0v) is 15.2. The standard InChI is InChI=1S/C18H27Cl2N3/c19-15-11-16(20)13-17(12-15)21-6-2-4-7-22-9-10-23-8-3-1-5-18(23)14-22/h11-13,18,21H,1-10,14H2. The van der Waals surface area contributed by atoms with E-state index in [2.05, 4.69) is 15.1 Å². The van der Waals surface area contributed by atoms with Crippen molar-refractivity contribution in [2.45, 2.75) is 38.1 Å². The molecular weight excluding hydrogens is 329 g/mol. The number of piperidine rings is 1. The lowest BCUT2D eigenvalue weighted by molar-refractivity contribution is 0.0488. The van der Waals surface area contributed by atoms with Crippen molar-refractivity contribution in [1.29, 1.82) is 0 Å². The number of halogens is 2. The van der Waals surface area contributed by atoms with Crippen LogP contribution in [0, 0.1) is 0 Å². The molecule has 1 atom stereocenters. The Morgan fingerprint density at radius 3 is 2.65 bits per heavy atom. The number of unbranched alkanes of at least 4 members (excludes halogenated alkanes) is 1. The predicted octanol–water partition coefficient (Wildman–Crippen LogP) is 4.36. The SMILES string of the molecule is Clc1cc(Cl)cc(NCCCCN2CCN3CCCCC3C2)c1. The number of hydrogen-bond acceptors (Lipinski definition) is 3. The van der Waals surface area contributed by atoms with Gasteiger partial charge < -0.3 is 10.2 Å². The summed E-state index contributed by atoms with van der Waals surface area (Å²) in [4.78, 5) is 5.35. The molecule has 0 bridgehead atoms. The van der Waals surface area contributed by atoms with Gasteiger partial charge >= 0.3 is 0 Å². The van der Waals surface area contributed by atoms with Crippen molar-refractivity contribution in [1.82, 2.24) is 9.80 Å². The molecule has 2 aliphatic rings. The van der Waals surface area contributed by atoms with E-state index in [1.807, 2.05) is 12.1 Å². The van der Waals surface area contributed by atoms with E-state index in [9.17, 15) is 0 Å². The van der Waals surface area contributed by atoms with Crippen molar-refractivity contribution in [3.8, 4) is 0 Å². The van der Waals surface area contributed by atoms with Gasteiger partial charge in [0.25, 0.3) is 0 Å². The number of nitrogens with one attached hydrogen (secondary N) is 1. The smallest absolute Gasteiger partial charge is 0.0441 e. The number of fused-ring (bicyclic) bond motifs is 1. The monoisotopic (exact) mass is 355 g/mol. The average Bonchev–Trinajstić information content (AvgIpc) is 2.53. The molecule has 1 aromatic rings. The summed E-state index contributed by atoms with van der Waals surface area (Å²) in [6, 6.07) is 6.44. The first-order valence-electron chi connectivity index (χ1n) is 8.87. The molecule has 1 N–H and O–H groups in total. The molecule has 2 heterocycles. The molecule has 3 nitrogen and oxygen atoms in total. The summed E-state index contributed by atoms with van der Waals surface area (Å²) < 4.78 is 0. The zero-order valence-electron chi connectivity index (χ0n) is 13.7. The molecule has 0 aliphatic carbocycles. The molecule has 1 unspecified atom stereocenters. The van der Waals surface area contributed by atoms with Crippen molar-refractivity contribution in [2.75, 3.05) is 44.6 Å². The van der Waals surface area contributed by atoms with Crippen molar-refractivity contribution < 1.29 is 0 Å². The number of rotatable bonds is 6. The van der Waals surface area contributed by atoms with Gasteiger partial charge in [-0.3, -0.25) is 4.90 Å². The van der Waals surface area contributed by atoms with Gasteiger partial charge in [-0.1, -0.05) is 29.6 Å². The minimum atomic E-state index is 0.686. The molecule has 0 radical (unpaired) electrons. The second-order valence-electron chi connectivity index (χ2n) is 6.78. The van der Waals surface area contributed by atoms with Gasteiger partial charge in [0.05, 0.1) is 0 Å². The second kappa shape index (κ2) is 8.57. The number of nitrogens with zero attached hydrogens (tertiary/aromatic N) is 2. The van der Waals surface area contributed by atoms with Crippen LogP contribution in [0.3, 0.4) is 0 Å². The highest BCUT2D eigenvalue weighted by Gasteiger charge is 2.28. The molecule has 3 rings (SSSR count). The van der Waals surface area contributed by atoms with E-state index in [4.69, 9.17) is 23.2 Å². The average molecular weight is 356 g/mol. The molecule has 2 aliphatic heterocycles. The maximum atomic E-state index is 6.01. The van der Waals surface area contributed by atoms with E-state index >= 15 is 0 Å². The number of anilines is 1. The van der Waals surface area contributed by atoms with Crippen LogP contribution in [-0.4, -0.2) is 55.1 Å². The molecule has 1 aromatic carbocycles. The van der Waals surface area contributed by atoms with Gasteiger partial charge in [-0.15, -0.1) is 0 Å². The minimum Gasteiger partial charge on any atom is -0.385 e. The fourth-order valence-corrected chi connectivity index (χ4v) is 4.30. The quantitative estimate of drug-likeness (QED) is 0.765. The van der Waals surface area contributed by atoms with Gasteiger partial charge in [0.15, 0.2) is 0 Å². The van der Waals surface area contributed by atoms with Gasteiger partial charge in [-0.05, 0) is 57.0 Å². The third-order valence-electron chi connectivity index (χ3n) is 5.01. The van der Waals surface area contributed by atoms with Gasteiger partial charge in [0.2, 0.25) is 0 Å². The van der Waals surface area contributed by atoms with Gasteiger partial charge in [-0.2, -0.15) is 0 Å². The molecule has 0 spiro atoms. The Morgan fingerprint density at radius 1 is 1.00 bits per heavy atom. The number of hydrogen-bond donors (Lipinski definition) is 1. The normalized spacial score (nSPS) is 22.8. The fourth-order valence-electron chi connectivity index (χ4n) is 3.77. The van der Waals surface area contributed by atoms with Crippen molar-refractivity contribution in [3.63, 3.8) is 0 Å². The number of piperazine rings is 1. The summed E-state index contributed by atoms with van der Waals surface area (Å²) in [6.07, 6.45) is 6.63. The first-order chi connectivity index (χ1) is 11.2. The Hall–Kier alpha value is -0.480. The molecule has 23 heavy (non-hydrogen) atoms. The van der Waals surface area contributed by atoms with Crippen LogP contribution >= 0.6 is 23.2 Å². The topological polar surface area (TPSA) is 18.5 Å². The van der Waals surface area contributed by atoms with Crippen LogP contribution in [0.2, 0.25) is 10.0 Å². The Labute approximate surface area is 149 Å². The number of benzene rings is 1. The van der Waals surface area contributed by atoms with Crippen LogP contribution in [0.5, 0.6) is 0 Å². The van der Waals surface area contributed by atoms with Crippen LogP contribution in [0.15, 0.2) is 18.2 Å². The maximum absolute atomic E-state index is 6.01. The van der Waals surface area contributed by atoms with Gasteiger partial charge in [0.1, 0.15) is 0 Å². The lowest BCUT2D eigenvalue weighted by Gasteiger charge is -2.44. The summed E-state index contributed by atoms with van der Waals surface area (Å²) in [5.74, 6) is 0. The highest BCUT2D eigenvalue weighted by atomic mass is 35.5. The molecule has 0 aromatic heterocycles. The molecule has 2 saturated heterocycles. The summed E-state index contributed by atoms with van der Waals surface area (Å²) in [5.41, 5.74) is 1.01. The van der Waals surface area contributed by atoms with E-state index in [1.165, 1.54) is 64.8 Å². The van der Waals surface area contributed by atoms with Crippen molar-refractivity contribution in [3.05, 3.63) is 28.2 Å². The maximum Gasteiger partial charge on any atom is 0.0441 e. The third kappa shape index (κ3) is 5.25. The molecule has 0 amide bonds. The highest BCUT2D eigenvalue weighted by molar-refractivity contribution is 6.35. The highest BCUT2D eigenvalue weighted by Crippen LogP contribution is 2.23. The zero-order chi connectivity index (χ0) is 16.1. The van der Waals surface area contributed by atoms with Crippen molar-refractivity contribution >= 4 is 28.9 Å². The largest absolute Gasteiger partial charge is 0.385 e. The van der Waals surface area contributed by atoms with Crippen LogP contribution < -0.4 is 5.32 Å². The summed E-state index contributed by atoms with van der Waals surface area (Å²) in [6.45, 7) is 7.31. The Bertz CT molecular complexity index is 489. The Kier molecular flexibility index (Phi) is 6.46. The molecule has 128 valence electrons. The van der Waals surface area contributed by atoms with Crippen LogP contribution in [0.1, 0.15) is 32.1 Å². The fraction of sp³-hybridized carbons (Fsp3) is 0.667. The van der Waals surface area contributed by atoms with Crippen LogP contribution in [-0.2, 0) is 0 Å². The van der Waals surface area contributed by atoms with E-state index in [0.29, 0.717) is 10.0 Å². The van der Waals surface area contributed by atoms with Crippen molar-refractivity contribution in [2.24, 2.45) is 0 Å². The lowest BCUT2D eigenvalue weighted by Crippen LogP contribution is -2.54. The summed E-state index contributed by atoms with van der Waals surface area (Å²) in [7, 11) is 0. The molecular formula is C18H27Cl2N3. The Morgan fingerprint density at radius 2 is 1.83 bits per heavy atom. The molecule has 5 heteroatoms. The van der Waals surface area contributed by atoms with Crippen LogP contribution in [0.25, 0.3) is 0 Å². The van der Waals surface area contributed by atoms with Gasteiger partial charge in [0, 0.05) is 48.0 Å². The summed E-state index contributed by atoms with van der Waals surface area (Å²) >= 11 is 12.0. The van der Waals surface area contributed by atoms with Crippen LogP contribution in [0.4, 0.5) is 5.69 Å². The van der Waals surface area contributed by atoms with Gasteiger partial charge in [-0.25, -0.2) is 0 Å².